The predicted molar refractivity (Wildman–Crippen MR) is 101 cm³/mol. The number of halogens is 1. The number of hydrogen-bond acceptors (Lipinski definition) is 2. The lowest BCUT2D eigenvalue weighted by atomic mass is 9.89. The Morgan fingerprint density at radius 2 is 1.64 bits per heavy atom. The number of fused-ring (bicyclic) bond motifs is 2. The van der Waals surface area contributed by atoms with Crippen molar-refractivity contribution in [3.8, 4) is 5.75 Å². The summed E-state index contributed by atoms with van der Waals surface area (Å²) in [5.74, 6) is 0.794. The van der Waals surface area contributed by atoms with Crippen LogP contribution in [0.3, 0.4) is 0 Å². The normalized spacial score (nSPS) is 11.1. The number of aryl methyl sites for hydroxylation is 3. The van der Waals surface area contributed by atoms with Gasteiger partial charge in [0.1, 0.15) is 5.75 Å². The molecule has 3 heteroatoms. The van der Waals surface area contributed by atoms with Crippen molar-refractivity contribution in [2.45, 2.75) is 20.8 Å². The van der Waals surface area contributed by atoms with Crippen LogP contribution in [-0.2, 0) is 0 Å². The molecule has 0 bridgehead atoms. The fraction of sp³-hybridized carbons (Fsp3) is 0.211. The van der Waals surface area contributed by atoms with Crippen LogP contribution in [0.2, 0.25) is 0 Å². The molecule has 0 saturated carbocycles. The van der Waals surface area contributed by atoms with Gasteiger partial charge in [-0.2, -0.15) is 0 Å². The minimum absolute atomic E-state index is 0.0345. The Hall–Kier alpha value is -1.62. The molecule has 3 rings (SSSR count). The summed E-state index contributed by atoms with van der Waals surface area (Å²) in [6.07, 6.45) is 0. The number of ether oxygens (including phenoxy) is 1. The largest absolute Gasteiger partial charge is 0.495 e. The maximum Gasteiger partial charge on any atom is 0.223 e. The Kier molecular flexibility index (Phi) is 3.85. The average Bonchev–Trinajstić information content (AvgIpc) is 2.47. The molecule has 0 aliphatic carbocycles. The van der Waals surface area contributed by atoms with Crippen LogP contribution in [0.4, 0.5) is 0 Å². The number of carbonyl (C=O) groups is 1. The third-order valence-corrected chi connectivity index (χ3v) is 4.91. The van der Waals surface area contributed by atoms with Crippen molar-refractivity contribution in [1.29, 1.82) is 0 Å². The van der Waals surface area contributed by atoms with Crippen LogP contribution >= 0.6 is 22.6 Å². The summed E-state index contributed by atoms with van der Waals surface area (Å²) in [5.41, 5.74) is 4.31. The molecule has 0 fully saturated rings. The van der Waals surface area contributed by atoms with E-state index in [-0.39, 0.29) is 3.79 Å². The average molecular weight is 404 g/mol. The zero-order valence-electron chi connectivity index (χ0n) is 13.1. The van der Waals surface area contributed by atoms with Gasteiger partial charge in [0.2, 0.25) is 3.79 Å². The molecule has 0 atom stereocenters. The summed E-state index contributed by atoms with van der Waals surface area (Å²) in [7, 11) is 1.68. The third kappa shape index (κ3) is 2.10. The Labute approximate surface area is 143 Å². The molecule has 3 aromatic rings. The highest BCUT2D eigenvalue weighted by Crippen LogP contribution is 2.42. The van der Waals surface area contributed by atoms with Crippen LogP contribution < -0.4 is 4.74 Å². The van der Waals surface area contributed by atoms with Crippen molar-refractivity contribution < 1.29 is 9.53 Å². The van der Waals surface area contributed by atoms with Gasteiger partial charge < -0.3 is 4.74 Å². The van der Waals surface area contributed by atoms with E-state index in [0.29, 0.717) is 5.56 Å². The lowest BCUT2D eigenvalue weighted by Gasteiger charge is -2.18. The summed E-state index contributed by atoms with van der Waals surface area (Å²) >= 11 is 1.85. The standard InChI is InChI=1S/C19H17IO2/c1-10-6-5-7-13-15(10)12(3)16-11(2)8-9-14(19(20)21)17(16)18(13)22-4/h5-9H,1-4H3. The van der Waals surface area contributed by atoms with Crippen molar-refractivity contribution in [2.75, 3.05) is 7.11 Å². The SMILES string of the molecule is COc1c2cccc(C)c2c(C)c2c(C)ccc(C(=O)I)c12. The summed E-state index contributed by atoms with van der Waals surface area (Å²) in [4.78, 5) is 12.1. The molecule has 0 spiro atoms. The first kappa shape index (κ1) is 15.3. The summed E-state index contributed by atoms with van der Waals surface area (Å²) in [6, 6.07) is 10.1. The van der Waals surface area contributed by atoms with Crippen molar-refractivity contribution in [3.05, 3.63) is 52.6 Å². The number of rotatable bonds is 2. The summed E-state index contributed by atoms with van der Waals surface area (Å²) < 4.78 is 5.78. The fourth-order valence-corrected chi connectivity index (χ4v) is 3.87. The molecule has 0 saturated heterocycles. The molecule has 0 radical (unpaired) electrons. The van der Waals surface area contributed by atoms with E-state index in [1.54, 1.807) is 7.11 Å². The van der Waals surface area contributed by atoms with Gasteiger partial charge in [0.15, 0.2) is 0 Å². The predicted octanol–water partition coefficient (Wildman–Crippen LogP) is 5.50. The van der Waals surface area contributed by atoms with E-state index >= 15 is 0 Å². The third-order valence-electron chi connectivity index (χ3n) is 4.32. The van der Waals surface area contributed by atoms with Gasteiger partial charge in [0.05, 0.1) is 7.11 Å². The number of hydrogen-bond donors (Lipinski definition) is 0. The van der Waals surface area contributed by atoms with E-state index in [9.17, 15) is 4.79 Å². The topological polar surface area (TPSA) is 26.3 Å². The highest BCUT2D eigenvalue weighted by molar-refractivity contribution is 14.1. The zero-order chi connectivity index (χ0) is 16.0. The molecule has 22 heavy (non-hydrogen) atoms. The molecule has 0 heterocycles. The van der Waals surface area contributed by atoms with Gasteiger partial charge in [-0.15, -0.1) is 0 Å². The molecule has 0 aliphatic rings. The van der Waals surface area contributed by atoms with E-state index < -0.39 is 0 Å². The minimum Gasteiger partial charge on any atom is -0.495 e. The minimum atomic E-state index is 0.0345. The smallest absolute Gasteiger partial charge is 0.223 e. The first-order valence-corrected chi connectivity index (χ1v) is 8.24. The highest BCUT2D eigenvalue weighted by Gasteiger charge is 2.19. The molecule has 0 aliphatic heterocycles. The number of carbonyl (C=O) groups excluding carboxylic acids is 1. The molecule has 112 valence electrons. The zero-order valence-corrected chi connectivity index (χ0v) is 15.2. The van der Waals surface area contributed by atoms with Gasteiger partial charge in [-0.25, -0.2) is 0 Å². The van der Waals surface area contributed by atoms with Gasteiger partial charge in [0, 0.05) is 38.9 Å². The molecule has 2 nitrogen and oxygen atoms in total. The quantitative estimate of drug-likeness (QED) is 0.320. The molecular weight excluding hydrogens is 387 g/mol. The van der Waals surface area contributed by atoms with Gasteiger partial charge in [-0.05, 0) is 54.3 Å². The molecular formula is C19H17IO2. The molecule has 3 aromatic carbocycles. The van der Waals surface area contributed by atoms with Gasteiger partial charge >= 0.3 is 0 Å². The maximum absolute atomic E-state index is 12.1. The van der Waals surface area contributed by atoms with Gasteiger partial charge in [-0.3, -0.25) is 4.79 Å². The second kappa shape index (κ2) is 5.54. The maximum atomic E-state index is 12.1. The first-order chi connectivity index (χ1) is 10.5. The van der Waals surface area contributed by atoms with E-state index in [0.717, 1.165) is 27.5 Å². The number of methoxy groups -OCH3 is 1. The summed E-state index contributed by atoms with van der Waals surface area (Å²) in [6.45, 7) is 6.33. The lowest BCUT2D eigenvalue weighted by Crippen LogP contribution is -1.99. The van der Waals surface area contributed by atoms with Crippen molar-refractivity contribution in [1.82, 2.24) is 0 Å². The van der Waals surface area contributed by atoms with E-state index in [2.05, 4.69) is 32.9 Å². The van der Waals surface area contributed by atoms with Gasteiger partial charge in [0.25, 0.3) is 0 Å². The van der Waals surface area contributed by atoms with Crippen molar-refractivity contribution in [3.63, 3.8) is 0 Å². The van der Waals surface area contributed by atoms with Crippen LogP contribution in [0.25, 0.3) is 21.5 Å². The Morgan fingerprint density at radius 3 is 2.27 bits per heavy atom. The molecule has 0 N–H and O–H groups in total. The lowest BCUT2D eigenvalue weighted by molar-refractivity contribution is 0.110. The second-order valence-electron chi connectivity index (χ2n) is 5.61. The fourth-order valence-electron chi connectivity index (χ4n) is 3.42. The first-order valence-electron chi connectivity index (χ1n) is 7.16. The number of benzene rings is 3. The molecule has 0 unspecified atom stereocenters. The van der Waals surface area contributed by atoms with Crippen molar-refractivity contribution in [2.24, 2.45) is 0 Å². The van der Waals surface area contributed by atoms with Crippen LogP contribution in [0.15, 0.2) is 30.3 Å². The van der Waals surface area contributed by atoms with Gasteiger partial charge in [-0.1, -0.05) is 24.3 Å². The van der Waals surface area contributed by atoms with Crippen LogP contribution in [0.5, 0.6) is 5.75 Å². The van der Waals surface area contributed by atoms with E-state index in [1.165, 1.54) is 16.5 Å². The molecule has 0 aromatic heterocycles. The van der Waals surface area contributed by atoms with E-state index in [4.69, 9.17) is 4.74 Å². The molecule has 0 amide bonds. The second-order valence-corrected chi connectivity index (χ2v) is 6.59. The Balaban J connectivity index is 2.72. The van der Waals surface area contributed by atoms with Crippen molar-refractivity contribution >= 4 is 47.9 Å². The van der Waals surface area contributed by atoms with E-state index in [1.807, 2.05) is 40.8 Å². The Morgan fingerprint density at radius 1 is 0.955 bits per heavy atom. The summed E-state index contributed by atoms with van der Waals surface area (Å²) in [5, 5.41) is 4.34. The Bertz CT molecular complexity index is 926. The van der Waals surface area contributed by atoms with Crippen LogP contribution in [0.1, 0.15) is 27.0 Å². The monoisotopic (exact) mass is 404 g/mol. The van der Waals surface area contributed by atoms with Crippen LogP contribution in [0, 0.1) is 20.8 Å². The van der Waals surface area contributed by atoms with Crippen LogP contribution in [-0.4, -0.2) is 10.9 Å². The highest BCUT2D eigenvalue weighted by atomic mass is 127.